The zero-order valence-corrected chi connectivity index (χ0v) is 9.88. The quantitative estimate of drug-likeness (QED) is 0.601. The molecule has 0 amide bonds. The van der Waals surface area contributed by atoms with E-state index >= 15 is 0 Å². The molecular weight excluding hydrogens is 192 g/mol. The molecule has 0 atom stereocenters. The average molecular weight is 208 g/mol. The minimum absolute atomic E-state index is 1.18. The van der Waals surface area contributed by atoms with Crippen LogP contribution < -0.4 is 0 Å². The van der Waals surface area contributed by atoms with Crippen molar-refractivity contribution in [2.75, 3.05) is 0 Å². The fourth-order valence-corrected chi connectivity index (χ4v) is 2.66. The fraction of sp³-hybridized carbons (Fsp3) is 0.250. The Morgan fingerprint density at radius 1 is 1.00 bits per heavy atom. The maximum atomic E-state index is 2.36. The van der Waals surface area contributed by atoms with E-state index in [0.717, 1.165) is 0 Å². The van der Waals surface area contributed by atoms with Crippen LogP contribution in [-0.4, -0.2) is 0 Å². The van der Waals surface area contributed by atoms with Crippen LogP contribution in [0.4, 0.5) is 0 Å². The molecule has 2 aromatic rings. The summed E-state index contributed by atoms with van der Waals surface area (Å²) in [7, 11) is 0. The molecule has 0 saturated carbocycles. The Hall–Kier alpha value is -1.56. The van der Waals surface area contributed by atoms with Crippen LogP contribution in [0.1, 0.15) is 28.7 Å². The maximum absolute atomic E-state index is 2.36. The Morgan fingerprint density at radius 3 is 2.75 bits per heavy atom. The van der Waals surface area contributed by atoms with Gasteiger partial charge in [-0.25, -0.2) is 0 Å². The van der Waals surface area contributed by atoms with Crippen molar-refractivity contribution < 1.29 is 0 Å². The SMILES string of the molecule is Cc1ccc2c(C)cc3c(c2c1)C=CCC3. The number of aryl methyl sites for hydroxylation is 3. The molecule has 0 saturated heterocycles. The summed E-state index contributed by atoms with van der Waals surface area (Å²) < 4.78 is 0. The summed E-state index contributed by atoms with van der Waals surface area (Å²) in [6.45, 7) is 4.39. The topological polar surface area (TPSA) is 0 Å². The summed E-state index contributed by atoms with van der Waals surface area (Å²) in [5, 5.41) is 2.82. The van der Waals surface area contributed by atoms with Gasteiger partial charge in [-0.1, -0.05) is 42.0 Å². The molecule has 16 heavy (non-hydrogen) atoms. The highest BCUT2D eigenvalue weighted by Gasteiger charge is 2.10. The monoisotopic (exact) mass is 208 g/mol. The Labute approximate surface area is 96.6 Å². The van der Waals surface area contributed by atoms with Crippen molar-refractivity contribution in [2.45, 2.75) is 26.7 Å². The van der Waals surface area contributed by atoms with Gasteiger partial charge in [-0.05, 0) is 54.2 Å². The van der Waals surface area contributed by atoms with E-state index in [1.54, 1.807) is 0 Å². The van der Waals surface area contributed by atoms with E-state index in [4.69, 9.17) is 0 Å². The van der Waals surface area contributed by atoms with Gasteiger partial charge < -0.3 is 0 Å². The zero-order valence-electron chi connectivity index (χ0n) is 9.88. The highest BCUT2D eigenvalue weighted by molar-refractivity contribution is 5.95. The highest BCUT2D eigenvalue weighted by atomic mass is 14.1. The van der Waals surface area contributed by atoms with Gasteiger partial charge >= 0.3 is 0 Å². The Kier molecular flexibility index (Phi) is 2.10. The fourth-order valence-electron chi connectivity index (χ4n) is 2.66. The third-order valence-electron chi connectivity index (χ3n) is 3.49. The largest absolute Gasteiger partial charge is 0.0836 e. The third kappa shape index (κ3) is 1.37. The molecule has 0 fully saturated rings. The predicted molar refractivity (Wildman–Crippen MR) is 70.8 cm³/mol. The first-order chi connectivity index (χ1) is 7.75. The van der Waals surface area contributed by atoms with Gasteiger partial charge in [0.2, 0.25) is 0 Å². The summed E-state index contributed by atoms with van der Waals surface area (Å²) in [6.07, 6.45) is 6.96. The van der Waals surface area contributed by atoms with E-state index in [-0.39, 0.29) is 0 Å². The van der Waals surface area contributed by atoms with E-state index in [1.807, 2.05) is 0 Å². The van der Waals surface area contributed by atoms with E-state index in [9.17, 15) is 0 Å². The number of rotatable bonds is 0. The van der Waals surface area contributed by atoms with E-state index in [2.05, 4.69) is 50.3 Å². The maximum Gasteiger partial charge on any atom is -0.0103 e. The lowest BCUT2D eigenvalue weighted by molar-refractivity contribution is 0.987. The molecule has 0 bridgehead atoms. The minimum Gasteiger partial charge on any atom is -0.0836 e. The van der Waals surface area contributed by atoms with Crippen LogP contribution in [0.15, 0.2) is 30.3 Å². The standard InChI is InChI=1S/C16H16/c1-11-7-8-14-12(2)10-13-5-3-4-6-15(13)16(14)9-11/h4,6-10H,3,5H2,1-2H3. The van der Waals surface area contributed by atoms with E-state index in [1.165, 1.54) is 45.9 Å². The van der Waals surface area contributed by atoms with Gasteiger partial charge in [0, 0.05) is 0 Å². The number of allylic oxidation sites excluding steroid dienone is 1. The average Bonchev–Trinajstić information content (AvgIpc) is 2.29. The molecule has 0 unspecified atom stereocenters. The van der Waals surface area contributed by atoms with Crippen molar-refractivity contribution in [1.82, 2.24) is 0 Å². The molecule has 1 aliphatic carbocycles. The molecule has 0 spiro atoms. The van der Waals surface area contributed by atoms with Crippen molar-refractivity contribution in [3.8, 4) is 0 Å². The first kappa shape index (κ1) is 9.65. The first-order valence-corrected chi connectivity index (χ1v) is 5.95. The van der Waals surface area contributed by atoms with Gasteiger partial charge in [0.25, 0.3) is 0 Å². The normalized spacial score (nSPS) is 14.1. The van der Waals surface area contributed by atoms with Gasteiger partial charge in [0.1, 0.15) is 0 Å². The van der Waals surface area contributed by atoms with Gasteiger partial charge in [-0.15, -0.1) is 0 Å². The van der Waals surface area contributed by atoms with Gasteiger partial charge in [0.05, 0.1) is 0 Å². The summed E-state index contributed by atoms with van der Waals surface area (Å²) in [5.74, 6) is 0. The van der Waals surface area contributed by atoms with Crippen LogP contribution in [0.25, 0.3) is 16.8 Å². The van der Waals surface area contributed by atoms with Crippen LogP contribution in [0, 0.1) is 13.8 Å². The summed E-state index contributed by atoms with van der Waals surface area (Å²) in [4.78, 5) is 0. The van der Waals surface area contributed by atoms with Crippen molar-refractivity contribution in [2.24, 2.45) is 0 Å². The predicted octanol–water partition coefficient (Wildman–Crippen LogP) is 4.42. The lowest BCUT2D eigenvalue weighted by atomic mass is 9.89. The Balaban J connectivity index is 2.45. The van der Waals surface area contributed by atoms with Crippen molar-refractivity contribution in [3.63, 3.8) is 0 Å². The van der Waals surface area contributed by atoms with Crippen molar-refractivity contribution >= 4 is 16.8 Å². The van der Waals surface area contributed by atoms with Crippen LogP contribution in [-0.2, 0) is 6.42 Å². The highest BCUT2D eigenvalue weighted by Crippen LogP contribution is 2.31. The number of fused-ring (bicyclic) bond motifs is 3. The second-order valence-corrected chi connectivity index (χ2v) is 4.76. The Morgan fingerprint density at radius 2 is 1.88 bits per heavy atom. The second-order valence-electron chi connectivity index (χ2n) is 4.76. The van der Waals surface area contributed by atoms with Crippen molar-refractivity contribution in [1.29, 1.82) is 0 Å². The molecule has 0 heteroatoms. The number of hydrogen-bond donors (Lipinski definition) is 0. The second kappa shape index (κ2) is 3.48. The van der Waals surface area contributed by atoms with Crippen LogP contribution in [0.2, 0.25) is 0 Å². The van der Waals surface area contributed by atoms with E-state index in [0.29, 0.717) is 0 Å². The lowest BCUT2D eigenvalue weighted by Gasteiger charge is -2.15. The van der Waals surface area contributed by atoms with Crippen molar-refractivity contribution in [3.05, 3.63) is 52.6 Å². The molecule has 0 heterocycles. The molecule has 80 valence electrons. The molecular formula is C16H16. The van der Waals surface area contributed by atoms with Gasteiger partial charge in [-0.2, -0.15) is 0 Å². The van der Waals surface area contributed by atoms with E-state index < -0.39 is 0 Å². The molecule has 0 aliphatic heterocycles. The molecule has 2 aromatic carbocycles. The molecule has 3 rings (SSSR count). The zero-order chi connectivity index (χ0) is 11.1. The summed E-state index contributed by atoms with van der Waals surface area (Å²) in [5.41, 5.74) is 5.71. The minimum atomic E-state index is 1.18. The molecule has 0 nitrogen and oxygen atoms in total. The summed E-state index contributed by atoms with van der Waals surface area (Å²) in [6, 6.07) is 9.13. The van der Waals surface area contributed by atoms with Gasteiger partial charge in [0.15, 0.2) is 0 Å². The molecule has 0 aromatic heterocycles. The van der Waals surface area contributed by atoms with Crippen LogP contribution in [0.3, 0.4) is 0 Å². The smallest absolute Gasteiger partial charge is 0.0103 e. The Bertz CT molecular complexity index is 589. The molecule has 0 radical (unpaired) electrons. The lowest BCUT2D eigenvalue weighted by Crippen LogP contribution is -1.97. The molecule has 1 aliphatic rings. The molecule has 0 N–H and O–H groups in total. The van der Waals surface area contributed by atoms with Crippen LogP contribution >= 0.6 is 0 Å². The summed E-state index contributed by atoms with van der Waals surface area (Å²) >= 11 is 0. The number of benzene rings is 2. The van der Waals surface area contributed by atoms with Gasteiger partial charge in [-0.3, -0.25) is 0 Å². The van der Waals surface area contributed by atoms with Crippen LogP contribution in [0.5, 0.6) is 0 Å². The number of hydrogen-bond acceptors (Lipinski definition) is 0. The third-order valence-corrected chi connectivity index (χ3v) is 3.49. The first-order valence-electron chi connectivity index (χ1n) is 5.95.